The number of likely N-dealkylation sites (tertiary alicyclic amines) is 1. The first kappa shape index (κ1) is 15.7. The summed E-state index contributed by atoms with van der Waals surface area (Å²) < 4.78 is 5.29. The van der Waals surface area contributed by atoms with Gasteiger partial charge in [0.05, 0.1) is 6.10 Å². The van der Waals surface area contributed by atoms with Gasteiger partial charge in [0.15, 0.2) is 0 Å². The van der Waals surface area contributed by atoms with Crippen molar-refractivity contribution in [1.29, 1.82) is 0 Å². The van der Waals surface area contributed by atoms with Crippen LogP contribution >= 0.6 is 12.4 Å². The molecule has 1 aliphatic heterocycles. The van der Waals surface area contributed by atoms with Crippen molar-refractivity contribution >= 4 is 18.3 Å². The van der Waals surface area contributed by atoms with Crippen LogP contribution in [0.5, 0.6) is 0 Å². The number of ether oxygens (including phenoxy) is 1. The van der Waals surface area contributed by atoms with Gasteiger partial charge in [-0.2, -0.15) is 0 Å². The van der Waals surface area contributed by atoms with Gasteiger partial charge < -0.3 is 15.4 Å². The quantitative estimate of drug-likeness (QED) is 0.811. The van der Waals surface area contributed by atoms with Crippen molar-refractivity contribution in [1.82, 2.24) is 4.90 Å². The molecule has 0 aromatic carbocycles. The molecule has 0 atom stereocenters. The van der Waals surface area contributed by atoms with Gasteiger partial charge in [0.1, 0.15) is 6.61 Å². The highest BCUT2D eigenvalue weighted by Crippen LogP contribution is 2.15. The summed E-state index contributed by atoms with van der Waals surface area (Å²) in [6.45, 7) is 6.50. The lowest BCUT2D eigenvalue weighted by molar-refractivity contribution is -0.138. The van der Waals surface area contributed by atoms with E-state index in [1.165, 1.54) is 0 Å². The van der Waals surface area contributed by atoms with Gasteiger partial charge in [0.25, 0.3) is 0 Å². The van der Waals surface area contributed by atoms with Gasteiger partial charge in [-0.15, -0.1) is 12.4 Å². The molecule has 1 saturated heterocycles. The van der Waals surface area contributed by atoms with E-state index in [-0.39, 0.29) is 31.0 Å². The number of halogens is 1. The molecular weight excluding hydrogens is 228 g/mol. The third-order valence-corrected chi connectivity index (χ3v) is 2.84. The van der Waals surface area contributed by atoms with Gasteiger partial charge in [-0.3, -0.25) is 4.79 Å². The maximum absolute atomic E-state index is 11.7. The summed E-state index contributed by atoms with van der Waals surface area (Å²) in [5, 5.41) is 0. The summed E-state index contributed by atoms with van der Waals surface area (Å²) in [5.41, 5.74) is 5.60. The van der Waals surface area contributed by atoms with Crippen LogP contribution in [0, 0.1) is 5.92 Å². The summed E-state index contributed by atoms with van der Waals surface area (Å²) in [6, 6.07) is 0. The van der Waals surface area contributed by atoms with E-state index in [1.807, 2.05) is 18.7 Å². The van der Waals surface area contributed by atoms with Crippen LogP contribution in [0.3, 0.4) is 0 Å². The van der Waals surface area contributed by atoms with Gasteiger partial charge in [-0.25, -0.2) is 0 Å². The summed E-state index contributed by atoms with van der Waals surface area (Å²) >= 11 is 0. The third kappa shape index (κ3) is 5.14. The number of nitrogens with two attached hydrogens (primary N) is 1. The second-order valence-corrected chi connectivity index (χ2v) is 4.42. The lowest BCUT2D eigenvalue weighted by atomic mass is 9.97. The van der Waals surface area contributed by atoms with Crippen LogP contribution in [-0.4, -0.2) is 43.2 Å². The molecule has 5 heteroatoms. The number of amides is 1. The first-order chi connectivity index (χ1) is 7.13. The van der Waals surface area contributed by atoms with Gasteiger partial charge in [-0.05, 0) is 39.2 Å². The molecule has 2 N–H and O–H groups in total. The van der Waals surface area contributed by atoms with Crippen molar-refractivity contribution < 1.29 is 9.53 Å². The molecule has 1 fully saturated rings. The average molecular weight is 251 g/mol. The van der Waals surface area contributed by atoms with Crippen molar-refractivity contribution in [3.63, 3.8) is 0 Å². The van der Waals surface area contributed by atoms with Gasteiger partial charge in [0.2, 0.25) is 5.91 Å². The predicted octanol–water partition coefficient (Wildman–Crippen LogP) is 1.03. The number of rotatable bonds is 4. The summed E-state index contributed by atoms with van der Waals surface area (Å²) in [4.78, 5) is 13.6. The Morgan fingerprint density at radius 2 is 2.00 bits per heavy atom. The zero-order chi connectivity index (χ0) is 11.3. The van der Waals surface area contributed by atoms with Crippen LogP contribution in [0.2, 0.25) is 0 Å². The van der Waals surface area contributed by atoms with Crippen molar-refractivity contribution in [2.24, 2.45) is 11.7 Å². The zero-order valence-corrected chi connectivity index (χ0v) is 11.0. The molecule has 0 aromatic rings. The van der Waals surface area contributed by atoms with Crippen molar-refractivity contribution in [3.8, 4) is 0 Å². The first-order valence-corrected chi connectivity index (χ1v) is 5.73. The molecule has 1 rings (SSSR count). The van der Waals surface area contributed by atoms with Crippen LogP contribution in [0.15, 0.2) is 0 Å². The first-order valence-electron chi connectivity index (χ1n) is 5.73. The Labute approximate surface area is 104 Å². The highest BCUT2D eigenvalue weighted by Gasteiger charge is 2.21. The van der Waals surface area contributed by atoms with E-state index in [2.05, 4.69) is 0 Å². The molecule has 4 nitrogen and oxygen atoms in total. The summed E-state index contributed by atoms with van der Waals surface area (Å²) in [6.07, 6.45) is 2.18. The normalized spacial score (nSPS) is 17.4. The Morgan fingerprint density at radius 3 is 2.44 bits per heavy atom. The number of hydrogen-bond acceptors (Lipinski definition) is 3. The molecule has 1 amide bonds. The van der Waals surface area contributed by atoms with E-state index < -0.39 is 0 Å². The van der Waals surface area contributed by atoms with E-state index >= 15 is 0 Å². The highest BCUT2D eigenvalue weighted by molar-refractivity contribution is 5.85. The molecule has 96 valence electrons. The lowest BCUT2D eigenvalue weighted by Crippen LogP contribution is -2.42. The molecular formula is C11H23ClN2O2. The summed E-state index contributed by atoms with van der Waals surface area (Å²) in [5.74, 6) is 0.708. The van der Waals surface area contributed by atoms with Gasteiger partial charge in [0, 0.05) is 13.1 Å². The van der Waals surface area contributed by atoms with Crippen LogP contribution < -0.4 is 5.73 Å². The Bertz CT molecular complexity index is 204. The smallest absolute Gasteiger partial charge is 0.248 e. The Morgan fingerprint density at radius 1 is 1.44 bits per heavy atom. The molecule has 0 saturated carbocycles. The van der Waals surface area contributed by atoms with Crippen molar-refractivity contribution in [2.75, 3.05) is 26.2 Å². The SMILES string of the molecule is CC(C)OCC(=O)N1CCC(CN)CC1.Cl. The molecule has 1 aliphatic rings. The van der Waals surface area contributed by atoms with Crippen LogP contribution in [0.4, 0.5) is 0 Å². The second-order valence-electron chi connectivity index (χ2n) is 4.42. The minimum absolute atomic E-state index is 0. The van der Waals surface area contributed by atoms with E-state index in [1.54, 1.807) is 0 Å². The summed E-state index contributed by atoms with van der Waals surface area (Å²) in [7, 11) is 0. The monoisotopic (exact) mass is 250 g/mol. The molecule has 0 aliphatic carbocycles. The number of hydrogen-bond donors (Lipinski definition) is 1. The fraction of sp³-hybridized carbons (Fsp3) is 0.909. The minimum atomic E-state index is 0. The molecule has 0 unspecified atom stereocenters. The highest BCUT2D eigenvalue weighted by atomic mass is 35.5. The van der Waals surface area contributed by atoms with Crippen LogP contribution in [-0.2, 0) is 9.53 Å². The van der Waals surface area contributed by atoms with Crippen molar-refractivity contribution in [3.05, 3.63) is 0 Å². The standard InChI is InChI=1S/C11H22N2O2.ClH/c1-9(2)15-8-11(14)13-5-3-10(7-12)4-6-13;/h9-10H,3-8,12H2,1-2H3;1H. The van der Waals surface area contributed by atoms with E-state index in [4.69, 9.17) is 10.5 Å². The second kappa shape index (κ2) is 7.87. The predicted molar refractivity (Wildman–Crippen MR) is 66.7 cm³/mol. The number of carbonyl (C=O) groups is 1. The molecule has 0 aromatic heterocycles. The van der Waals surface area contributed by atoms with Crippen LogP contribution in [0.25, 0.3) is 0 Å². The fourth-order valence-electron chi connectivity index (χ4n) is 1.75. The molecule has 0 radical (unpaired) electrons. The van der Waals surface area contributed by atoms with Crippen molar-refractivity contribution in [2.45, 2.75) is 32.8 Å². The molecule has 16 heavy (non-hydrogen) atoms. The molecule has 0 spiro atoms. The maximum atomic E-state index is 11.7. The minimum Gasteiger partial charge on any atom is -0.369 e. The largest absolute Gasteiger partial charge is 0.369 e. The Kier molecular flexibility index (Phi) is 7.72. The van der Waals surface area contributed by atoms with E-state index in [0.717, 1.165) is 32.5 Å². The lowest BCUT2D eigenvalue weighted by Gasteiger charge is -2.31. The average Bonchev–Trinajstić information content (AvgIpc) is 2.26. The fourth-order valence-corrected chi connectivity index (χ4v) is 1.75. The topological polar surface area (TPSA) is 55.6 Å². The Hall–Kier alpha value is -0.320. The number of carbonyl (C=O) groups excluding carboxylic acids is 1. The molecule has 1 heterocycles. The Balaban J connectivity index is 0.00000225. The zero-order valence-electron chi connectivity index (χ0n) is 10.1. The molecule has 0 bridgehead atoms. The number of piperidine rings is 1. The van der Waals surface area contributed by atoms with Gasteiger partial charge in [-0.1, -0.05) is 0 Å². The van der Waals surface area contributed by atoms with Crippen LogP contribution in [0.1, 0.15) is 26.7 Å². The number of nitrogens with zero attached hydrogens (tertiary/aromatic N) is 1. The maximum Gasteiger partial charge on any atom is 0.248 e. The van der Waals surface area contributed by atoms with E-state index in [9.17, 15) is 4.79 Å². The van der Waals surface area contributed by atoms with Gasteiger partial charge >= 0.3 is 0 Å². The third-order valence-electron chi connectivity index (χ3n) is 2.84. The van der Waals surface area contributed by atoms with E-state index in [0.29, 0.717) is 5.92 Å².